The molecule has 0 spiro atoms. The largest absolute Gasteiger partial charge is 0.362 e. The first-order valence-corrected chi connectivity index (χ1v) is 4.07. The number of nitrogens with zero attached hydrogens (tertiary/aromatic N) is 1. The summed E-state index contributed by atoms with van der Waals surface area (Å²) >= 11 is 0. The summed E-state index contributed by atoms with van der Waals surface area (Å²) < 4.78 is 5.51. The lowest BCUT2D eigenvalue weighted by Crippen LogP contribution is -2.43. The summed E-state index contributed by atoms with van der Waals surface area (Å²) in [6.45, 7) is 11.9. The third-order valence-corrected chi connectivity index (χ3v) is 2.22. The van der Waals surface area contributed by atoms with Crippen molar-refractivity contribution in [2.45, 2.75) is 32.5 Å². The van der Waals surface area contributed by atoms with Crippen molar-refractivity contribution >= 4 is 17.0 Å². The first-order valence-electron chi connectivity index (χ1n) is 4.07. The molecule has 1 rings (SSSR count). The van der Waals surface area contributed by atoms with Gasteiger partial charge in [-0.2, -0.15) is 0 Å². The molecule has 1 fully saturated rings. The van der Waals surface area contributed by atoms with Gasteiger partial charge in [0.25, 0.3) is 0 Å². The van der Waals surface area contributed by atoms with Crippen LogP contribution in [0.25, 0.3) is 0 Å². The Hall–Kier alpha value is 0.140. The van der Waals surface area contributed by atoms with Gasteiger partial charge in [0.05, 0.1) is 6.61 Å². The summed E-state index contributed by atoms with van der Waals surface area (Å²) in [5.41, 5.74) is 0.174. The lowest BCUT2D eigenvalue weighted by Gasteiger charge is -2.30. The van der Waals surface area contributed by atoms with Crippen molar-refractivity contribution in [3.05, 3.63) is 12.7 Å². The van der Waals surface area contributed by atoms with Gasteiger partial charge in [-0.25, -0.2) is 0 Å². The van der Waals surface area contributed by atoms with E-state index in [9.17, 15) is 0 Å². The second kappa shape index (κ2) is 4.40. The second-order valence-corrected chi connectivity index (χ2v) is 3.66. The molecular formula is C9H18BrNO. The minimum atomic E-state index is 0. The van der Waals surface area contributed by atoms with Crippen LogP contribution in [0, 0.1) is 0 Å². The maximum atomic E-state index is 5.51. The van der Waals surface area contributed by atoms with Gasteiger partial charge in [-0.1, -0.05) is 6.08 Å². The molecule has 0 radical (unpaired) electrons. The average Bonchev–Trinajstić information content (AvgIpc) is 2.16. The predicted molar refractivity (Wildman–Crippen MR) is 56.7 cm³/mol. The SMILES string of the molecule is Br.C=CCN1C(C)OCC1(C)C. The molecule has 72 valence electrons. The fraction of sp³-hybridized carbons (Fsp3) is 0.778. The summed E-state index contributed by atoms with van der Waals surface area (Å²) in [6, 6.07) is 0. The zero-order chi connectivity index (χ0) is 8.48. The predicted octanol–water partition coefficient (Wildman–Crippen LogP) is 2.21. The van der Waals surface area contributed by atoms with E-state index in [4.69, 9.17) is 4.74 Å². The molecular weight excluding hydrogens is 218 g/mol. The molecule has 2 nitrogen and oxygen atoms in total. The van der Waals surface area contributed by atoms with Gasteiger partial charge in [0, 0.05) is 12.1 Å². The van der Waals surface area contributed by atoms with Gasteiger partial charge in [-0.15, -0.1) is 23.6 Å². The van der Waals surface area contributed by atoms with Gasteiger partial charge in [-0.3, -0.25) is 4.90 Å². The van der Waals surface area contributed by atoms with Crippen molar-refractivity contribution in [3.63, 3.8) is 0 Å². The molecule has 1 aliphatic rings. The minimum absolute atomic E-state index is 0. The number of ether oxygens (including phenoxy) is 1. The first-order chi connectivity index (χ1) is 5.08. The number of halogens is 1. The van der Waals surface area contributed by atoms with E-state index in [1.54, 1.807) is 0 Å². The molecule has 0 bridgehead atoms. The van der Waals surface area contributed by atoms with E-state index in [1.165, 1.54) is 0 Å². The highest BCUT2D eigenvalue weighted by Crippen LogP contribution is 2.25. The molecule has 1 atom stereocenters. The minimum Gasteiger partial charge on any atom is -0.362 e. The van der Waals surface area contributed by atoms with Crippen molar-refractivity contribution in [3.8, 4) is 0 Å². The molecule has 0 aromatic heterocycles. The molecule has 0 aromatic rings. The third-order valence-electron chi connectivity index (χ3n) is 2.22. The Morgan fingerprint density at radius 3 is 2.58 bits per heavy atom. The molecule has 1 unspecified atom stereocenters. The van der Waals surface area contributed by atoms with Crippen LogP contribution >= 0.6 is 17.0 Å². The van der Waals surface area contributed by atoms with E-state index in [0.29, 0.717) is 0 Å². The van der Waals surface area contributed by atoms with E-state index in [1.807, 2.05) is 6.08 Å². The fourth-order valence-corrected chi connectivity index (χ4v) is 1.52. The van der Waals surface area contributed by atoms with E-state index < -0.39 is 0 Å². The van der Waals surface area contributed by atoms with E-state index in [2.05, 4.69) is 32.3 Å². The molecule has 1 aliphatic heterocycles. The smallest absolute Gasteiger partial charge is 0.108 e. The molecule has 0 amide bonds. The van der Waals surface area contributed by atoms with Gasteiger partial charge in [0.2, 0.25) is 0 Å². The Balaban J connectivity index is 0.00000121. The number of rotatable bonds is 2. The van der Waals surface area contributed by atoms with Gasteiger partial charge < -0.3 is 4.74 Å². The van der Waals surface area contributed by atoms with Gasteiger partial charge >= 0.3 is 0 Å². The quantitative estimate of drug-likeness (QED) is 0.681. The summed E-state index contributed by atoms with van der Waals surface area (Å²) in [5.74, 6) is 0. The second-order valence-electron chi connectivity index (χ2n) is 3.66. The van der Waals surface area contributed by atoms with Crippen molar-refractivity contribution in [2.75, 3.05) is 13.2 Å². The van der Waals surface area contributed by atoms with Gasteiger partial charge in [0.15, 0.2) is 0 Å². The summed E-state index contributed by atoms with van der Waals surface area (Å²) in [6.07, 6.45) is 2.16. The van der Waals surface area contributed by atoms with E-state index in [-0.39, 0.29) is 28.7 Å². The highest BCUT2D eigenvalue weighted by molar-refractivity contribution is 8.93. The normalized spacial score (nSPS) is 28.1. The maximum absolute atomic E-state index is 5.51. The molecule has 0 aromatic carbocycles. The fourth-order valence-electron chi connectivity index (χ4n) is 1.52. The van der Waals surface area contributed by atoms with Gasteiger partial charge in [-0.05, 0) is 20.8 Å². The Labute approximate surface area is 85.3 Å². The van der Waals surface area contributed by atoms with Crippen LogP contribution in [0.4, 0.5) is 0 Å². The third kappa shape index (κ3) is 2.31. The van der Waals surface area contributed by atoms with E-state index in [0.717, 1.165) is 13.2 Å². The summed E-state index contributed by atoms with van der Waals surface area (Å²) in [5, 5.41) is 0. The van der Waals surface area contributed by atoms with Crippen LogP contribution in [0.1, 0.15) is 20.8 Å². The maximum Gasteiger partial charge on any atom is 0.108 e. The Morgan fingerprint density at radius 1 is 1.67 bits per heavy atom. The lowest BCUT2D eigenvalue weighted by molar-refractivity contribution is 0.0483. The highest BCUT2D eigenvalue weighted by atomic mass is 79.9. The first kappa shape index (κ1) is 12.1. The summed E-state index contributed by atoms with van der Waals surface area (Å²) in [4.78, 5) is 2.31. The zero-order valence-electron chi connectivity index (χ0n) is 8.04. The monoisotopic (exact) mass is 235 g/mol. The molecule has 0 aliphatic carbocycles. The Morgan fingerprint density at radius 2 is 2.25 bits per heavy atom. The molecule has 12 heavy (non-hydrogen) atoms. The molecule has 0 saturated carbocycles. The van der Waals surface area contributed by atoms with Crippen LogP contribution in [0.5, 0.6) is 0 Å². The van der Waals surface area contributed by atoms with Crippen LogP contribution in [0.3, 0.4) is 0 Å². The lowest BCUT2D eigenvalue weighted by atomic mass is 10.1. The van der Waals surface area contributed by atoms with Crippen LogP contribution < -0.4 is 0 Å². The van der Waals surface area contributed by atoms with Crippen LogP contribution in [0.15, 0.2) is 12.7 Å². The van der Waals surface area contributed by atoms with Crippen molar-refractivity contribution in [1.29, 1.82) is 0 Å². The van der Waals surface area contributed by atoms with Crippen molar-refractivity contribution in [1.82, 2.24) is 4.90 Å². The van der Waals surface area contributed by atoms with Crippen molar-refractivity contribution in [2.24, 2.45) is 0 Å². The Bertz CT molecular complexity index is 159. The average molecular weight is 236 g/mol. The Kier molecular flexibility index (Phi) is 4.45. The molecule has 3 heteroatoms. The van der Waals surface area contributed by atoms with Crippen LogP contribution in [0.2, 0.25) is 0 Å². The molecule has 1 heterocycles. The van der Waals surface area contributed by atoms with Crippen LogP contribution in [-0.4, -0.2) is 29.8 Å². The zero-order valence-corrected chi connectivity index (χ0v) is 9.75. The summed E-state index contributed by atoms with van der Waals surface area (Å²) in [7, 11) is 0. The number of hydrogen-bond acceptors (Lipinski definition) is 2. The highest BCUT2D eigenvalue weighted by Gasteiger charge is 2.36. The van der Waals surface area contributed by atoms with Crippen molar-refractivity contribution < 1.29 is 4.74 Å². The van der Waals surface area contributed by atoms with E-state index >= 15 is 0 Å². The topological polar surface area (TPSA) is 12.5 Å². The standard InChI is InChI=1S/C9H17NO.BrH/c1-5-6-10-8(2)11-7-9(10,3)4;/h5,8H,1,6-7H2,2-4H3;1H. The van der Waals surface area contributed by atoms with Gasteiger partial charge in [0.1, 0.15) is 6.23 Å². The van der Waals surface area contributed by atoms with Crippen LogP contribution in [-0.2, 0) is 4.74 Å². The molecule has 0 N–H and O–H groups in total. The number of hydrogen-bond donors (Lipinski definition) is 0. The molecule has 1 saturated heterocycles.